The topological polar surface area (TPSA) is 70.4 Å². The predicted molar refractivity (Wildman–Crippen MR) is 69.8 cm³/mol. The summed E-state index contributed by atoms with van der Waals surface area (Å²) in [5, 5.41) is 9.24. The number of aromatic hydroxyl groups is 1. The van der Waals surface area contributed by atoms with E-state index in [1.54, 1.807) is 0 Å². The number of ether oxygens (including phenoxy) is 1. The van der Waals surface area contributed by atoms with E-state index in [9.17, 15) is 26.9 Å². The minimum Gasteiger partial charge on any atom is -0.508 e. The minimum absolute atomic E-state index is 0.290. The molecular formula is C13H9F4NO3S. The predicted octanol–water partition coefficient (Wildman–Crippen LogP) is 4.25. The lowest BCUT2D eigenvalue weighted by molar-refractivity contribution is -0.0407. The normalized spacial score (nSPS) is 14.4. The monoisotopic (exact) mass is 335 g/mol. The van der Waals surface area contributed by atoms with Gasteiger partial charge in [-0.1, -0.05) is 12.1 Å². The molecule has 0 bridgehead atoms. The van der Waals surface area contributed by atoms with Gasteiger partial charge in [0.1, 0.15) is 23.1 Å². The molecule has 0 aromatic heterocycles. The maximum Gasteiger partial charge on any atom is 0.483 e. The Morgan fingerprint density at radius 3 is 2.36 bits per heavy atom. The van der Waals surface area contributed by atoms with Crippen molar-refractivity contribution in [3.63, 3.8) is 0 Å². The minimum atomic E-state index is -5.28. The Labute approximate surface area is 122 Å². The van der Waals surface area contributed by atoms with Gasteiger partial charge >= 0.3 is 5.51 Å². The number of nitrogens with one attached hydrogen (secondary N) is 1. The first-order chi connectivity index (χ1) is 10.1. The van der Waals surface area contributed by atoms with E-state index >= 15 is 0 Å². The fourth-order valence-corrected chi connectivity index (χ4v) is 2.54. The van der Waals surface area contributed by atoms with Gasteiger partial charge in [0.2, 0.25) is 0 Å². The number of alkyl halides is 3. The highest BCUT2D eigenvalue weighted by atomic mass is 32.2. The molecule has 0 spiro atoms. The van der Waals surface area contributed by atoms with Crippen LogP contribution in [0.25, 0.3) is 0 Å². The number of benzene rings is 2. The molecule has 0 aliphatic heterocycles. The fourth-order valence-electron chi connectivity index (χ4n) is 1.63. The van der Waals surface area contributed by atoms with Crippen LogP contribution in [0.3, 0.4) is 0 Å². The summed E-state index contributed by atoms with van der Waals surface area (Å²) in [6.07, 6.45) is 0. The number of hydrogen-bond donors (Lipinski definition) is 2. The average Bonchev–Trinajstić information content (AvgIpc) is 2.36. The first kappa shape index (κ1) is 16.1. The molecule has 4 nitrogen and oxygen atoms in total. The molecule has 2 N–H and O–H groups in total. The van der Waals surface area contributed by atoms with Gasteiger partial charge in [-0.3, -0.25) is 0 Å². The van der Waals surface area contributed by atoms with Gasteiger partial charge in [-0.15, -0.1) is 0 Å². The van der Waals surface area contributed by atoms with Gasteiger partial charge in [0.25, 0.3) is 0 Å². The molecule has 0 heterocycles. The number of halogens is 4. The summed E-state index contributed by atoms with van der Waals surface area (Å²) in [6.45, 7) is 0. The second-order valence-corrected chi connectivity index (χ2v) is 6.21. The third-order valence-corrected chi connectivity index (χ3v) is 4.18. The van der Waals surface area contributed by atoms with Crippen molar-refractivity contribution in [1.82, 2.24) is 0 Å². The molecule has 2 aromatic rings. The van der Waals surface area contributed by atoms with Crippen LogP contribution in [0.15, 0.2) is 47.4 Å². The maximum absolute atomic E-state index is 13.1. The Morgan fingerprint density at radius 2 is 1.77 bits per heavy atom. The maximum atomic E-state index is 13.1. The third kappa shape index (κ3) is 3.14. The molecule has 1 atom stereocenters. The van der Waals surface area contributed by atoms with Crippen LogP contribution in [0.5, 0.6) is 17.2 Å². The molecule has 9 heteroatoms. The summed E-state index contributed by atoms with van der Waals surface area (Å²) < 4.78 is 75.2. The first-order valence-corrected chi connectivity index (χ1v) is 7.28. The van der Waals surface area contributed by atoms with Crippen molar-refractivity contribution in [2.24, 2.45) is 0 Å². The lowest BCUT2D eigenvalue weighted by atomic mass is 10.3. The van der Waals surface area contributed by atoms with E-state index in [2.05, 4.69) is 0 Å². The Morgan fingerprint density at radius 1 is 1.14 bits per heavy atom. The van der Waals surface area contributed by atoms with Crippen molar-refractivity contribution in [3.05, 3.63) is 48.3 Å². The van der Waals surface area contributed by atoms with Gasteiger partial charge in [0.05, 0.1) is 4.90 Å². The van der Waals surface area contributed by atoms with Crippen LogP contribution in [0.1, 0.15) is 0 Å². The highest BCUT2D eigenvalue weighted by Crippen LogP contribution is 2.38. The zero-order valence-corrected chi connectivity index (χ0v) is 11.5. The largest absolute Gasteiger partial charge is 0.508 e. The molecule has 22 heavy (non-hydrogen) atoms. The SMILES string of the molecule is N=S(=O)(c1ccccc1Oc1cc(O)cc(F)c1)C(F)(F)F. The van der Waals surface area contributed by atoms with Crippen LogP contribution in [-0.4, -0.2) is 14.8 Å². The van der Waals surface area contributed by atoms with Crippen LogP contribution in [0.4, 0.5) is 17.6 Å². The number of phenols is 1. The molecule has 0 aliphatic rings. The van der Waals surface area contributed by atoms with E-state index in [-0.39, 0.29) is 5.75 Å². The van der Waals surface area contributed by atoms with E-state index in [1.165, 1.54) is 12.1 Å². The van der Waals surface area contributed by atoms with Crippen LogP contribution in [0, 0.1) is 10.6 Å². The molecule has 0 saturated heterocycles. The molecule has 0 aliphatic carbocycles. The smallest absolute Gasteiger partial charge is 0.483 e. The lowest BCUT2D eigenvalue weighted by Crippen LogP contribution is -2.22. The van der Waals surface area contributed by atoms with Crippen LogP contribution in [-0.2, 0) is 9.73 Å². The summed E-state index contributed by atoms with van der Waals surface area (Å²) in [5.41, 5.74) is -5.28. The third-order valence-electron chi connectivity index (χ3n) is 2.57. The molecular weight excluding hydrogens is 326 g/mol. The zero-order valence-electron chi connectivity index (χ0n) is 10.7. The number of rotatable bonds is 3. The summed E-state index contributed by atoms with van der Waals surface area (Å²) in [7, 11) is -5.13. The van der Waals surface area contributed by atoms with Gasteiger partial charge < -0.3 is 9.84 Å². The van der Waals surface area contributed by atoms with E-state index in [4.69, 9.17) is 9.52 Å². The van der Waals surface area contributed by atoms with Crippen molar-refractivity contribution in [1.29, 1.82) is 4.78 Å². The molecule has 0 radical (unpaired) electrons. The average molecular weight is 335 g/mol. The Kier molecular flexibility index (Phi) is 4.01. The van der Waals surface area contributed by atoms with E-state index in [0.29, 0.717) is 0 Å². The highest BCUT2D eigenvalue weighted by molar-refractivity contribution is 7.93. The van der Waals surface area contributed by atoms with E-state index in [1.807, 2.05) is 0 Å². The van der Waals surface area contributed by atoms with E-state index < -0.39 is 37.4 Å². The van der Waals surface area contributed by atoms with Crippen LogP contribution in [0.2, 0.25) is 0 Å². The second kappa shape index (κ2) is 5.48. The Balaban J connectivity index is 2.50. The van der Waals surface area contributed by atoms with Crippen molar-refractivity contribution >= 4 is 9.73 Å². The highest BCUT2D eigenvalue weighted by Gasteiger charge is 2.44. The van der Waals surface area contributed by atoms with Crippen LogP contribution < -0.4 is 4.74 Å². The lowest BCUT2D eigenvalue weighted by Gasteiger charge is -2.15. The molecule has 2 rings (SSSR count). The van der Waals surface area contributed by atoms with Gasteiger partial charge in [-0.2, -0.15) is 13.2 Å². The van der Waals surface area contributed by atoms with Crippen molar-refractivity contribution in [3.8, 4) is 17.2 Å². The number of para-hydroxylation sites is 1. The van der Waals surface area contributed by atoms with Crippen molar-refractivity contribution < 1.29 is 31.6 Å². The van der Waals surface area contributed by atoms with Crippen molar-refractivity contribution in [2.45, 2.75) is 10.4 Å². The van der Waals surface area contributed by atoms with E-state index in [0.717, 1.165) is 30.3 Å². The zero-order chi connectivity index (χ0) is 16.5. The summed E-state index contributed by atoms with van der Waals surface area (Å²) >= 11 is 0. The Hall–Kier alpha value is -2.29. The van der Waals surface area contributed by atoms with Gasteiger partial charge in [-0.05, 0) is 12.1 Å². The standard InChI is InChI=1S/C13H9F4NO3S/c14-8-5-9(19)7-10(6-8)21-11-3-1-2-4-12(11)22(18,20)13(15,16)17/h1-7,18-19H. The van der Waals surface area contributed by atoms with Gasteiger partial charge in [0.15, 0.2) is 9.73 Å². The molecule has 1 unspecified atom stereocenters. The van der Waals surface area contributed by atoms with Crippen molar-refractivity contribution in [2.75, 3.05) is 0 Å². The second-order valence-electron chi connectivity index (χ2n) is 4.20. The molecule has 0 saturated carbocycles. The molecule has 0 amide bonds. The first-order valence-electron chi connectivity index (χ1n) is 5.73. The Bertz CT molecular complexity index is 783. The summed E-state index contributed by atoms with van der Waals surface area (Å²) in [6, 6.07) is 6.97. The molecule has 0 fully saturated rings. The number of phenolic OH excluding ortho intramolecular Hbond substituents is 1. The van der Waals surface area contributed by atoms with Gasteiger partial charge in [0, 0.05) is 18.2 Å². The fraction of sp³-hybridized carbons (Fsp3) is 0.0769. The van der Waals surface area contributed by atoms with Gasteiger partial charge in [-0.25, -0.2) is 13.4 Å². The number of hydrogen-bond acceptors (Lipinski definition) is 4. The summed E-state index contributed by atoms with van der Waals surface area (Å²) in [5.74, 6) is -2.16. The quantitative estimate of drug-likeness (QED) is 0.824. The molecule has 2 aromatic carbocycles. The molecule has 118 valence electrons. The van der Waals surface area contributed by atoms with Crippen LogP contribution >= 0.6 is 0 Å². The summed E-state index contributed by atoms with van der Waals surface area (Å²) in [4.78, 5) is -0.883.